The molecule has 0 spiro atoms. The zero-order chi connectivity index (χ0) is 26.2. The van der Waals surface area contributed by atoms with Gasteiger partial charge in [0.25, 0.3) is 5.56 Å². The Hall–Kier alpha value is -1.79. The smallest absolute Gasteiger partial charge is 0.320 e. The van der Waals surface area contributed by atoms with Crippen LogP contribution in [0.2, 0.25) is 0 Å². The van der Waals surface area contributed by atoms with Crippen molar-refractivity contribution in [3.05, 3.63) is 46.3 Å². The molecule has 5 atom stereocenters. The fourth-order valence-corrected chi connectivity index (χ4v) is 7.87. The Morgan fingerprint density at radius 2 is 1.84 bits per heavy atom. The maximum Gasteiger partial charge on any atom is 0.380 e. The maximum atomic E-state index is 13.5. The monoisotopic (exact) mass is 527 g/mol. The van der Waals surface area contributed by atoms with E-state index in [-0.39, 0.29) is 6.04 Å². The van der Waals surface area contributed by atoms with Gasteiger partial charge in [-0.05, 0) is 87.8 Å². The zero-order valence-corrected chi connectivity index (χ0v) is 23.2. The highest BCUT2D eigenvalue weighted by Crippen LogP contribution is 2.39. The van der Waals surface area contributed by atoms with Gasteiger partial charge in [0, 0.05) is 18.6 Å². The highest BCUT2D eigenvalue weighted by molar-refractivity contribution is 7.59. The molecule has 7 nitrogen and oxygen atoms in total. The fraction of sp³-hybridized carbons (Fsp3) is 0.655. The number of para-hydroxylation sites is 2. The van der Waals surface area contributed by atoms with Crippen molar-refractivity contribution in [1.82, 2.24) is 14.5 Å². The average molecular weight is 528 g/mol. The largest absolute Gasteiger partial charge is 0.380 e. The van der Waals surface area contributed by atoms with E-state index in [1.54, 1.807) is 22.3 Å². The van der Waals surface area contributed by atoms with Crippen molar-refractivity contribution in [2.45, 2.75) is 90.1 Å². The summed E-state index contributed by atoms with van der Waals surface area (Å²) in [5, 5.41) is 0. The zero-order valence-electron chi connectivity index (χ0n) is 22.3. The molecule has 1 aromatic carbocycles. The molecular weight excluding hydrogens is 485 g/mol. The average Bonchev–Trinajstić information content (AvgIpc) is 3.23. The van der Waals surface area contributed by atoms with E-state index >= 15 is 0 Å². The van der Waals surface area contributed by atoms with Crippen LogP contribution >= 0.6 is 7.60 Å². The molecule has 3 aliphatic rings. The molecule has 1 aliphatic carbocycles. The molecule has 37 heavy (non-hydrogen) atoms. The molecule has 2 aliphatic heterocycles. The Morgan fingerprint density at radius 1 is 1.05 bits per heavy atom. The second-order valence-corrected chi connectivity index (χ2v) is 13.2. The Morgan fingerprint density at radius 3 is 2.62 bits per heavy atom. The van der Waals surface area contributed by atoms with E-state index in [9.17, 15) is 19.1 Å². The van der Waals surface area contributed by atoms with Crippen molar-refractivity contribution in [1.29, 1.82) is 0 Å². The summed E-state index contributed by atoms with van der Waals surface area (Å²) in [6.07, 6.45) is 14.0. The number of hydrogen-bond donors (Lipinski definition) is 2. The number of benzene rings is 1. The Kier molecular flexibility index (Phi) is 8.07. The van der Waals surface area contributed by atoms with Crippen molar-refractivity contribution >= 4 is 24.1 Å². The van der Waals surface area contributed by atoms with Crippen LogP contribution in [0.15, 0.2) is 40.7 Å². The molecule has 2 bridgehead atoms. The van der Waals surface area contributed by atoms with Crippen molar-refractivity contribution in [3.8, 4) is 0 Å². The SMILES string of the molecule is CCC1=CC(CCN2CC3CCCC2CC(n2c(=O)c(P(=O)(O)O)nc4ccccc42)C3)CCCC1C. The van der Waals surface area contributed by atoms with Crippen LogP contribution in [0.3, 0.4) is 0 Å². The molecule has 3 heterocycles. The van der Waals surface area contributed by atoms with Crippen LogP contribution in [-0.2, 0) is 4.57 Å². The molecule has 2 N–H and O–H groups in total. The summed E-state index contributed by atoms with van der Waals surface area (Å²) in [5.41, 5.74) is 1.51. The van der Waals surface area contributed by atoms with E-state index in [1.807, 2.05) is 12.1 Å². The number of nitrogens with zero attached hydrogens (tertiary/aromatic N) is 3. The highest BCUT2D eigenvalue weighted by Gasteiger charge is 2.37. The Bertz CT molecular complexity index is 1250. The molecule has 2 aromatic rings. The van der Waals surface area contributed by atoms with E-state index in [2.05, 4.69) is 29.8 Å². The van der Waals surface area contributed by atoms with E-state index in [0.717, 1.165) is 45.2 Å². The van der Waals surface area contributed by atoms with Crippen molar-refractivity contribution < 1.29 is 14.4 Å². The first-order valence-electron chi connectivity index (χ1n) is 14.3. The van der Waals surface area contributed by atoms with Gasteiger partial charge in [-0.2, -0.15) is 0 Å². The standard InChI is InChI=1S/C29H42N3O4P/c1-3-23-16-21(9-6-8-20(23)2)14-15-31-19-22-10-7-11-24(31)18-25(17-22)32-27-13-5-4-12-26(27)30-28(29(32)33)37(34,35)36/h4-5,12-13,16,20-22,24-25H,3,6-11,14-15,17-19H2,1-2H3,(H2,34,35,36). The summed E-state index contributed by atoms with van der Waals surface area (Å²) in [6.45, 7) is 6.79. The molecule has 0 radical (unpaired) electrons. The van der Waals surface area contributed by atoms with E-state index in [0.29, 0.717) is 34.8 Å². The number of allylic oxidation sites excluding steroid dienone is 2. The van der Waals surface area contributed by atoms with Crippen LogP contribution < -0.4 is 11.0 Å². The lowest BCUT2D eigenvalue weighted by atomic mass is 9.89. The van der Waals surface area contributed by atoms with E-state index < -0.39 is 18.6 Å². The fourth-order valence-electron chi connectivity index (χ4n) is 7.28. The number of hydrogen-bond acceptors (Lipinski definition) is 4. The van der Waals surface area contributed by atoms with E-state index in [4.69, 9.17) is 0 Å². The van der Waals surface area contributed by atoms with Gasteiger partial charge in [0.05, 0.1) is 11.0 Å². The van der Waals surface area contributed by atoms with Crippen molar-refractivity contribution in [3.63, 3.8) is 0 Å². The summed E-state index contributed by atoms with van der Waals surface area (Å²) in [7, 11) is -4.79. The highest BCUT2D eigenvalue weighted by atomic mass is 31.2. The summed E-state index contributed by atoms with van der Waals surface area (Å²) in [4.78, 5) is 40.1. The van der Waals surface area contributed by atoms with Gasteiger partial charge in [0.1, 0.15) is 0 Å². The molecular formula is C29H42N3O4P. The minimum absolute atomic E-state index is 0.0867. The summed E-state index contributed by atoms with van der Waals surface area (Å²) >= 11 is 0. The lowest BCUT2D eigenvalue weighted by molar-refractivity contribution is 0.175. The third-order valence-corrected chi connectivity index (χ3v) is 10.1. The van der Waals surface area contributed by atoms with Gasteiger partial charge in [0.2, 0.25) is 5.44 Å². The molecule has 5 unspecified atom stereocenters. The molecule has 0 saturated carbocycles. The number of aromatic nitrogens is 2. The second kappa shape index (κ2) is 11.1. The van der Waals surface area contributed by atoms with Crippen LogP contribution in [0, 0.1) is 17.8 Å². The molecule has 8 heteroatoms. The van der Waals surface area contributed by atoms with Gasteiger partial charge in [-0.1, -0.05) is 50.5 Å². The summed E-state index contributed by atoms with van der Waals surface area (Å²) < 4.78 is 13.9. The van der Waals surface area contributed by atoms with Crippen molar-refractivity contribution in [2.24, 2.45) is 17.8 Å². The normalized spacial score (nSPS) is 29.5. The summed E-state index contributed by atoms with van der Waals surface area (Å²) in [6, 6.07) is 7.55. The molecule has 202 valence electrons. The predicted molar refractivity (Wildman–Crippen MR) is 148 cm³/mol. The van der Waals surface area contributed by atoms with Gasteiger partial charge in [-0.3, -0.25) is 9.36 Å². The van der Waals surface area contributed by atoms with Crippen LogP contribution in [0.5, 0.6) is 0 Å². The molecule has 2 saturated heterocycles. The maximum absolute atomic E-state index is 13.5. The lowest BCUT2D eigenvalue weighted by Gasteiger charge is -2.32. The third-order valence-electron chi connectivity index (χ3n) is 9.22. The first-order chi connectivity index (χ1) is 17.7. The summed E-state index contributed by atoms with van der Waals surface area (Å²) in [5.74, 6) is 1.84. The minimum atomic E-state index is -4.79. The van der Waals surface area contributed by atoms with Crippen molar-refractivity contribution in [2.75, 3.05) is 13.1 Å². The van der Waals surface area contributed by atoms with Gasteiger partial charge in [0.15, 0.2) is 0 Å². The quantitative estimate of drug-likeness (QED) is 0.398. The molecule has 1 aromatic heterocycles. The van der Waals surface area contributed by atoms with Crippen LogP contribution in [0.4, 0.5) is 0 Å². The van der Waals surface area contributed by atoms with Crippen LogP contribution in [0.1, 0.15) is 84.1 Å². The topological polar surface area (TPSA) is 95.7 Å². The second-order valence-electron chi connectivity index (χ2n) is 11.7. The van der Waals surface area contributed by atoms with Gasteiger partial charge in [-0.25, -0.2) is 4.98 Å². The lowest BCUT2D eigenvalue weighted by Crippen LogP contribution is -2.40. The first-order valence-corrected chi connectivity index (χ1v) is 15.9. The molecule has 2 fully saturated rings. The third kappa shape index (κ3) is 5.80. The van der Waals surface area contributed by atoms with Gasteiger partial charge in [-0.15, -0.1) is 0 Å². The van der Waals surface area contributed by atoms with Gasteiger partial charge >= 0.3 is 7.60 Å². The number of fused-ring (bicyclic) bond motifs is 4. The molecule has 5 rings (SSSR count). The van der Waals surface area contributed by atoms with E-state index in [1.165, 1.54) is 32.1 Å². The van der Waals surface area contributed by atoms with Crippen LogP contribution in [-0.4, -0.2) is 43.4 Å². The molecule has 0 amide bonds. The predicted octanol–water partition coefficient (Wildman–Crippen LogP) is 5.17. The first kappa shape index (κ1) is 26.8. The Labute approximate surface area is 220 Å². The minimum Gasteiger partial charge on any atom is -0.320 e. The van der Waals surface area contributed by atoms with Crippen LogP contribution in [0.25, 0.3) is 11.0 Å². The Balaban J connectivity index is 1.42. The number of rotatable bonds is 6. The van der Waals surface area contributed by atoms with Gasteiger partial charge < -0.3 is 19.3 Å².